The van der Waals surface area contributed by atoms with Crippen molar-refractivity contribution < 1.29 is 4.74 Å². The van der Waals surface area contributed by atoms with Gasteiger partial charge in [-0.15, -0.1) is 0 Å². The lowest BCUT2D eigenvalue weighted by Gasteiger charge is -2.37. The minimum Gasteiger partial charge on any atom is -0.496 e. The number of benzene rings is 2. The van der Waals surface area contributed by atoms with E-state index in [4.69, 9.17) is 22.2 Å². The summed E-state index contributed by atoms with van der Waals surface area (Å²) >= 11 is 6.12. The predicted molar refractivity (Wildman–Crippen MR) is 81.0 cm³/mol. The van der Waals surface area contributed by atoms with E-state index in [0.29, 0.717) is 10.9 Å². The molecule has 0 saturated heterocycles. The van der Waals surface area contributed by atoms with Gasteiger partial charge in [-0.25, -0.2) is 0 Å². The molecule has 2 unspecified atom stereocenters. The first kappa shape index (κ1) is 13.4. The molecule has 4 heteroatoms. The molecule has 1 aliphatic rings. The summed E-state index contributed by atoms with van der Waals surface area (Å²) < 4.78 is 5.44. The maximum Gasteiger partial charge on any atom is 0.123 e. The number of rotatable bonds is 4. The van der Waals surface area contributed by atoms with Crippen molar-refractivity contribution in [2.24, 2.45) is 5.84 Å². The molecule has 104 valence electrons. The molecule has 3 rings (SSSR count). The average Bonchev–Trinajstić information content (AvgIpc) is 2.45. The Hall–Kier alpha value is -1.55. The molecule has 0 aliphatic heterocycles. The molecule has 2 aromatic carbocycles. The fourth-order valence-corrected chi connectivity index (χ4v) is 3.15. The Morgan fingerprint density at radius 1 is 1.30 bits per heavy atom. The summed E-state index contributed by atoms with van der Waals surface area (Å²) in [6.45, 7) is 0. The Balaban J connectivity index is 1.98. The van der Waals surface area contributed by atoms with Crippen molar-refractivity contribution in [3.63, 3.8) is 0 Å². The van der Waals surface area contributed by atoms with Crippen molar-refractivity contribution >= 4 is 11.6 Å². The molecule has 0 amide bonds. The van der Waals surface area contributed by atoms with Crippen LogP contribution in [-0.4, -0.2) is 7.11 Å². The second-order valence-corrected chi connectivity index (χ2v) is 5.48. The number of methoxy groups -OCH3 is 1. The third-order valence-electron chi connectivity index (χ3n) is 4.00. The lowest BCUT2D eigenvalue weighted by Crippen LogP contribution is -2.37. The molecule has 2 aromatic rings. The molecule has 20 heavy (non-hydrogen) atoms. The Morgan fingerprint density at radius 2 is 2.10 bits per heavy atom. The lowest BCUT2D eigenvalue weighted by atomic mass is 9.72. The van der Waals surface area contributed by atoms with Crippen LogP contribution in [0, 0.1) is 0 Å². The van der Waals surface area contributed by atoms with Gasteiger partial charge in [-0.2, -0.15) is 0 Å². The van der Waals surface area contributed by atoms with E-state index >= 15 is 0 Å². The maximum atomic E-state index is 6.12. The summed E-state index contributed by atoms with van der Waals surface area (Å²) in [7, 11) is 1.66. The Labute approximate surface area is 123 Å². The summed E-state index contributed by atoms with van der Waals surface area (Å²) in [5.41, 5.74) is 6.66. The summed E-state index contributed by atoms with van der Waals surface area (Å²) in [5.74, 6) is 6.96. The zero-order valence-electron chi connectivity index (χ0n) is 11.3. The topological polar surface area (TPSA) is 47.3 Å². The molecule has 0 heterocycles. The van der Waals surface area contributed by atoms with Gasteiger partial charge in [0, 0.05) is 16.5 Å². The molecule has 0 spiro atoms. The van der Waals surface area contributed by atoms with Crippen LogP contribution in [0.4, 0.5) is 0 Å². The molecule has 0 bridgehead atoms. The van der Waals surface area contributed by atoms with Gasteiger partial charge in [-0.3, -0.25) is 11.3 Å². The molecule has 2 atom stereocenters. The highest BCUT2D eigenvalue weighted by molar-refractivity contribution is 6.30. The van der Waals surface area contributed by atoms with E-state index in [9.17, 15) is 0 Å². The van der Waals surface area contributed by atoms with Gasteiger partial charge in [0.1, 0.15) is 5.75 Å². The number of hydrogen-bond acceptors (Lipinski definition) is 3. The normalized spacial score (nSPS) is 18.1. The van der Waals surface area contributed by atoms with Crippen molar-refractivity contribution in [3.05, 3.63) is 64.2 Å². The highest BCUT2D eigenvalue weighted by Crippen LogP contribution is 2.45. The first-order valence-electron chi connectivity index (χ1n) is 6.62. The number of hydrogen-bond donors (Lipinski definition) is 2. The number of ether oxygens (including phenoxy) is 1. The van der Waals surface area contributed by atoms with E-state index in [1.807, 2.05) is 18.2 Å². The zero-order valence-corrected chi connectivity index (χ0v) is 12.0. The minimum atomic E-state index is -0.00134. The van der Waals surface area contributed by atoms with E-state index in [0.717, 1.165) is 17.7 Å². The standard InChI is InChI=1S/C16H17ClN2O/c1-20-15-7-6-11(17)9-14(15)16(19-18)13-8-10-4-2-3-5-12(10)13/h2-7,9,13,16,19H,8,18H2,1H3. The lowest BCUT2D eigenvalue weighted by molar-refractivity contribution is 0.374. The number of nitrogens with two attached hydrogens (primary N) is 1. The van der Waals surface area contributed by atoms with Crippen molar-refractivity contribution in [2.45, 2.75) is 18.4 Å². The van der Waals surface area contributed by atoms with Crippen LogP contribution in [0.2, 0.25) is 5.02 Å². The third kappa shape index (κ3) is 2.18. The summed E-state index contributed by atoms with van der Waals surface area (Å²) in [6, 6.07) is 14.1. The summed E-state index contributed by atoms with van der Waals surface area (Å²) in [6.07, 6.45) is 1.01. The van der Waals surface area contributed by atoms with Gasteiger partial charge in [-0.1, -0.05) is 35.9 Å². The van der Waals surface area contributed by atoms with Gasteiger partial charge >= 0.3 is 0 Å². The minimum absolute atomic E-state index is 0.00134. The van der Waals surface area contributed by atoms with Gasteiger partial charge in [-0.05, 0) is 35.7 Å². The van der Waals surface area contributed by atoms with Crippen LogP contribution in [0.1, 0.15) is 28.7 Å². The predicted octanol–water partition coefficient (Wildman–Crippen LogP) is 3.19. The van der Waals surface area contributed by atoms with Crippen LogP contribution < -0.4 is 16.0 Å². The molecule has 0 saturated carbocycles. The molecule has 1 aliphatic carbocycles. The SMILES string of the molecule is COc1ccc(Cl)cc1C(NN)C1Cc2ccccc21. The third-order valence-corrected chi connectivity index (χ3v) is 4.24. The van der Waals surface area contributed by atoms with Crippen molar-refractivity contribution in [3.8, 4) is 5.75 Å². The molecule has 3 nitrogen and oxygen atoms in total. The molecule has 0 fully saturated rings. The van der Waals surface area contributed by atoms with Crippen molar-refractivity contribution in [2.75, 3.05) is 7.11 Å². The molecule has 0 radical (unpaired) electrons. The van der Waals surface area contributed by atoms with Crippen molar-refractivity contribution in [1.82, 2.24) is 5.43 Å². The van der Waals surface area contributed by atoms with Gasteiger partial charge in [0.2, 0.25) is 0 Å². The summed E-state index contributed by atoms with van der Waals surface area (Å²) in [4.78, 5) is 0. The van der Waals surface area contributed by atoms with Gasteiger partial charge < -0.3 is 4.74 Å². The molecular weight excluding hydrogens is 272 g/mol. The summed E-state index contributed by atoms with van der Waals surface area (Å²) in [5, 5.41) is 0.689. The number of halogens is 1. The average molecular weight is 289 g/mol. The van der Waals surface area contributed by atoms with Crippen molar-refractivity contribution in [1.29, 1.82) is 0 Å². The fraction of sp³-hybridized carbons (Fsp3) is 0.250. The highest BCUT2D eigenvalue weighted by Gasteiger charge is 2.34. The van der Waals surface area contributed by atoms with Crippen LogP contribution in [0.5, 0.6) is 5.75 Å². The quantitative estimate of drug-likeness (QED) is 0.671. The van der Waals surface area contributed by atoms with Crippen LogP contribution in [0.15, 0.2) is 42.5 Å². The zero-order chi connectivity index (χ0) is 14.1. The number of hydrazine groups is 1. The molecule has 3 N–H and O–H groups in total. The van der Waals surface area contributed by atoms with E-state index in [2.05, 4.69) is 29.7 Å². The van der Waals surface area contributed by atoms with E-state index in [1.54, 1.807) is 7.11 Å². The maximum absolute atomic E-state index is 6.12. The van der Waals surface area contributed by atoms with Gasteiger partial charge in [0.25, 0.3) is 0 Å². The van der Waals surface area contributed by atoms with E-state index in [1.165, 1.54) is 11.1 Å². The Kier molecular flexibility index (Phi) is 3.66. The molecule has 0 aromatic heterocycles. The first-order valence-corrected chi connectivity index (χ1v) is 6.99. The Morgan fingerprint density at radius 3 is 2.80 bits per heavy atom. The van der Waals surface area contributed by atoms with E-state index in [-0.39, 0.29) is 6.04 Å². The fourth-order valence-electron chi connectivity index (χ4n) is 2.97. The van der Waals surface area contributed by atoms with E-state index < -0.39 is 0 Å². The van der Waals surface area contributed by atoms with Crippen LogP contribution in [-0.2, 0) is 6.42 Å². The second kappa shape index (κ2) is 5.44. The monoisotopic (exact) mass is 288 g/mol. The Bertz CT molecular complexity index is 630. The number of fused-ring (bicyclic) bond motifs is 1. The largest absolute Gasteiger partial charge is 0.496 e. The first-order chi connectivity index (χ1) is 9.74. The highest BCUT2D eigenvalue weighted by atomic mass is 35.5. The molecular formula is C16H17ClN2O. The van der Waals surface area contributed by atoms with Crippen LogP contribution in [0.3, 0.4) is 0 Å². The number of nitrogens with one attached hydrogen (secondary N) is 1. The smallest absolute Gasteiger partial charge is 0.123 e. The van der Waals surface area contributed by atoms with Gasteiger partial charge in [0.05, 0.1) is 13.2 Å². The van der Waals surface area contributed by atoms with Gasteiger partial charge in [0.15, 0.2) is 0 Å². The van der Waals surface area contributed by atoms with Crippen LogP contribution >= 0.6 is 11.6 Å². The van der Waals surface area contributed by atoms with Crippen LogP contribution in [0.25, 0.3) is 0 Å². The second-order valence-electron chi connectivity index (χ2n) is 5.04.